The van der Waals surface area contributed by atoms with Gasteiger partial charge in [-0.3, -0.25) is 9.80 Å². The summed E-state index contributed by atoms with van der Waals surface area (Å²) in [4.78, 5) is 16.7. The van der Waals surface area contributed by atoms with Crippen LogP contribution in [0.25, 0.3) is 0 Å². The van der Waals surface area contributed by atoms with Gasteiger partial charge >= 0.3 is 6.03 Å². The number of hydrogen-bond acceptors (Lipinski definition) is 3. The highest BCUT2D eigenvalue weighted by Gasteiger charge is 2.54. The Morgan fingerprint density at radius 2 is 1.50 bits per heavy atom. The Balaban J connectivity index is 1.84. The summed E-state index contributed by atoms with van der Waals surface area (Å²) in [5.41, 5.74) is 4.75. The third kappa shape index (κ3) is 2.60. The highest BCUT2D eigenvalue weighted by atomic mass is 32.2. The maximum Gasteiger partial charge on any atom is 0.329 e. The molecule has 136 valence electrons. The lowest BCUT2D eigenvalue weighted by Crippen LogP contribution is -2.38. The van der Waals surface area contributed by atoms with Crippen molar-refractivity contribution in [3.05, 3.63) is 59.2 Å². The Morgan fingerprint density at radius 1 is 0.885 bits per heavy atom. The lowest BCUT2D eigenvalue weighted by molar-refractivity contribution is 0.255. The number of hydrogen-bond donors (Lipinski definition) is 0. The number of rotatable bonds is 2. The second kappa shape index (κ2) is 5.84. The minimum absolute atomic E-state index is 0.0125. The molecule has 0 bridgehead atoms. The van der Waals surface area contributed by atoms with Gasteiger partial charge in [-0.1, -0.05) is 29.8 Å². The van der Waals surface area contributed by atoms with Crippen molar-refractivity contribution in [2.24, 2.45) is 0 Å². The summed E-state index contributed by atoms with van der Waals surface area (Å²) in [6, 6.07) is 12.6. The maximum absolute atomic E-state index is 13.3. The highest BCUT2D eigenvalue weighted by molar-refractivity contribution is 7.91. The van der Waals surface area contributed by atoms with Crippen LogP contribution < -0.4 is 9.80 Å². The fraction of sp³-hybridized carbons (Fsp3) is 0.350. The van der Waals surface area contributed by atoms with E-state index in [0.717, 1.165) is 28.1 Å². The largest absolute Gasteiger partial charge is 0.329 e. The molecule has 2 aromatic rings. The van der Waals surface area contributed by atoms with Crippen molar-refractivity contribution in [2.75, 3.05) is 21.3 Å². The zero-order valence-corrected chi connectivity index (χ0v) is 16.0. The van der Waals surface area contributed by atoms with Crippen molar-refractivity contribution in [1.82, 2.24) is 0 Å². The molecule has 6 heteroatoms. The molecule has 0 aromatic heterocycles. The molecule has 2 amide bonds. The number of amides is 2. The summed E-state index contributed by atoms with van der Waals surface area (Å²) in [5, 5.41) is 0. The monoisotopic (exact) mass is 370 g/mol. The van der Waals surface area contributed by atoms with Crippen molar-refractivity contribution in [2.45, 2.75) is 32.9 Å². The van der Waals surface area contributed by atoms with E-state index >= 15 is 0 Å². The second-order valence-electron chi connectivity index (χ2n) is 7.29. The van der Waals surface area contributed by atoms with E-state index in [0.29, 0.717) is 0 Å². The van der Waals surface area contributed by atoms with Crippen LogP contribution in [-0.4, -0.2) is 38.0 Å². The van der Waals surface area contributed by atoms with E-state index in [4.69, 9.17) is 0 Å². The van der Waals surface area contributed by atoms with Crippen LogP contribution in [0, 0.1) is 20.8 Å². The van der Waals surface area contributed by atoms with Crippen LogP contribution >= 0.6 is 0 Å². The van der Waals surface area contributed by atoms with Gasteiger partial charge in [-0.15, -0.1) is 0 Å². The zero-order valence-electron chi connectivity index (χ0n) is 15.1. The fourth-order valence-corrected chi connectivity index (χ4v) is 5.91. The zero-order chi connectivity index (χ0) is 18.6. The summed E-state index contributed by atoms with van der Waals surface area (Å²) < 4.78 is 24.7. The van der Waals surface area contributed by atoms with Crippen molar-refractivity contribution in [3.63, 3.8) is 0 Å². The summed E-state index contributed by atoms with van der Waals surface area (Å²) in [6.45, 7) is 5.96. The molecule has 0 radical (unpaired) electrons. The van der Waals surface area contributed by atoms with Crippen LogP contribution in [0.2, 0.25) is 0 Å². The predicted molar refractivity (Wildman–Crippen MR) is 104 cm³/mol. The first-order chi connectivity index (χ1) is 12.3. The van der Waals surface area contributed by atoms with Crippen molar-refractivity contribution in [3.8, 4) is 0 Å². The van der Waals surface area contributed by atoms with Crippen LogP contribution in [0.4, 0.5) is 16.2 Å². The molecule has 4 rings (SSSR count). The molecular weight excluding hydrogens is 348 g/mol. The lowest BCUT2D eigenvalue weighted by Gasteiger charge is -2.24. The summed E-state index contributed by atoms with van der Waals surface area (Å²) in [6.07, 6.45) is 0. The molecule has 2 saturated heterocycles. The van der Waals surface area contributed by atoms with Gasteiger partial charge in [0.15, 0.2) is 9.84 Å². The molecule has 2 fully saturated rings. The molecule has 2 heterocycles. The fourth-order valence-electron chi connectivity index (χ4n) is 3.99. The van der Waals surface area contributed by atoms with E-state index in [2.05, 4.69) is 0 Å². The summed E-state index contributed by atoms with van der Waals surface area (Å²) in [7, 11) is -3.18. The second-order valence-corrected chi connectivity index (χ2v) is 9.44. The minimum atomic E-state index is -3.18. The standard InChI is InChI=1S/C20H22N2O3S/c1-13-7-9-16(10-8-13)21-18-11-26(24,25)12-19(18)22(20(21)23)17-6-4-5-14(2)15(17)3/h4-10,18-19H,11-12H2,1-3H3/t18-,19-/m0/s1. The number of nitrogens with zero attached hydrogens (tertiary/aromatic N) is 2. The van der Waals surface area contributed by atoms with E-state index in [-0.39, 0.29) is 29.6 Å². The van der Waals surface area contributed by atoms with Crippen LogP contribution in [-0.2, 0) is 9.84 Å². The van der Waals surface area contributed by atoms with E-state index in [1.54, 1.807) is 9.80 Å². The Hall–Kier alpha value is -2.34. The third-order valence-corrected chi connectivity index (χ3v) is 7.22. The molecular formula is C20H22N2O3S. The van der Waals surface area contributed by atoms with E-state index in [1.165, 1.54) is 0 Å². The quantitative estimate of drug-likeness (QED) is 0.763. The van der Waals surface area contributed by atoms with Crippen LogP contribution in [0.1, 0.15) is 16.7 Å². The number of carbonyl (C=O) groups is 1. The molecule has 0 N–H and O–H groups in total. The molecule has 26 heavy (non-hydrogen) atoms. The molecule has 2 aliphatic heterocycles. The molecule has 0 spiro atoms. The normalized spacial score (nSPS) is 24.2. The van der Waals surface area contributed by atoms with Gasteiger partial charge in [0.2, 0.25) is 0 Å². The number of benzene rings is 2. The first kappa shape index (κ1) is 17.1. The Kier molecular flexibility index (Phi) is 3.84. The smallest absolute Gasteiger partial charge is 0.288 e. The molecule has 2 aliphatic rings. The number of sulfone groups is 1. The van der Waals surface area contributed by atoms with Gasteiger partial charge in [-0.25, -0.2) is 13.2 Å². The number of carbonyl (C=O) groups excluding carboxylic acids is 1. The van der Waals surface area contributed by atoms with Crippen molar-refractivity contribution < 1.29 is 13.2 Å². The molecule has 2 aromatic carbocycles. The van der Waals surface area contributed by atoms with Gasteiger partial charge in [0.05, 0.1) is 23.6 Å². The number of fused-ring (bicyclic) bond motifs is 1. The van der Waals surface area contributed by atoms with Crippen LogP contribution in [0.15, 0.2) is 42.5 Å². The van der Waals surface area contributed by atoms with Gasteiger partial charge in [0.25, 0.3) is 0 Å². The molecule has 0 saturated carbocycles. The van der Waals surface area contributed by atoms with Crippen molar-refractivity contribution >= 4 is 27.2 Å². The molecule has 0 unspecified atom stereocenters. The third-order valence-electron chi connectivity index (χ3n) is 5.52. The molecule has 0 aliphatic carbocycles. The van der Waals surface area contributed by atoms with Gasteiger partial charge in [-0.2, -0.15) is 0 Å². The van der Waals surface area contributed by atoms with E-state index < -0.39 is 9.84 Å². The predicted octanol–water partition coefficient (Wildman–Crippen LogP) is 3.22. The number of aryl methyl sites for hydroxylation is 2. The average molecular weight is 370 g/mol. The lowest BCUT2D eigenvalue weighted by atomic mass is 10.1. The van der Waals surface area contributed by atoms with Crippen LogP contribution in [0.5, 0.6) is 0 Å². The van der Waals surface area contributed by atoms with Gasteiger partial charge in [0.1, 0.15) is 0 Å². The summed E-state index contributed by atoms with van der Waals surface area (Å²) in [5.74, 6) is 0.0256. The minimum Gasteiger partial charge on any atom is -0.288 e. The first-order valence-corrected chi connectivity index (χ1v) is 10.6. The highest BCUT2D eigenvalue weighted by Crippen LogP contribution is 2.39. The summed E-state index contributed by atoms with van der Waals surface area (Å²) >= 11 is 0. The van der Waals surface area contributed by atoms with Gasteiger partial charge < -0.3 is 0 Å². The molecule has 5 nitrogen and oxygen atoms in total. The first-order valence-electron chi connectivity index (χ1n) is 8.74. The molecule has 2 atom stereocenters. The average Bonchev–Trinajstić information content (AvgIpc) is 3.01. The Morgan fingerprint density at radius 3 is 2.15 bits per heavy atom. The SMILES string of the molecule is Cc1ccc(N2C(=O)N(c3cccc(C)c3C)[C@H]3CS(=O)(=O)C[C@@H]32)cc1. The van der Waals surface area contributed by atoms with Gasteiger partial charge in [0, 0.05) is 11.4 Å². The number of anilines is 2. The van der Waals surface area contributed by atoms with Crippen molar-refractivity contribution in [1.29, 1.82) is 0 Å². The van der Waals surface area contributed by atoms with E-state index in [1.807, 2.05) is 63.2 Å². The Labute approximate surface area is 154 Å². The maximum atomic E-state index is 13.3. The van der Waals surface area contributed by atoms with Crippen LogP contribution in [0.3, 0.4) is 0 Å². The Bertz CT molecular complexity index is 983. The topological polar surface area (TPSA) is 57.7 Å². The van der Waals surface area contributed by atoms with E-state index in [9.17, 15) is 13.2 Å². The van der Waals surface area contributed by atoms with Gasteiger partial charge in [-0.05, 0) is 50.1 Å². The number of urea groups is 1.